The molecule has 0 saturated heterocycles. The Balaban J connectivity index is 1.43. The average molecular weight is 414 g/mol. The lowest BCUT2D eigenvalue weighted by atomic mass is 9.84. The fourth-order valence-corrected chi connectivity index (χ4v) is 3.72. The van der Waals surface area contributed by atoms with Crippen molar-refractivity contribution >= 4 is 23.2 Å². The monoisotopic (exact) mass is 414 g/mol. The van der Waals surface area contributed by atoms with Crippen molar-refractivity contribution in [1.82, 2.24) is 4.90 Å². The van der Waals surface area contributed by atoms with E-state index < -0.39 is 0 Å². The Hall–Kier alpha value is -3.77. The van der Waals surface area contributed by atoms with E-state index in [1.165, 1.54) is 0 Å². The number of benzene rings is 3. The van der Waals surface area contributed by atoms with E-state index in [9.17, 15) is 14.4 Å². The van der Waals surface area contributed by atoms with Gasteiger partial charge in [0.25, 0.3) is 0 Å². The number of ketones is 2. The minimum Gasteiger partial charge on any atom is -0.497 e. The minimum atomic E-state index is -0.210. The fourth-order valence-electron chi connectivity index (χ4n) is 3.72. The Labute approximate surface area is 180 Å². The number of hydrogen-bond acceptors (Lipinski definition) is 5. The Morgan fingerprint density at radius 3 is 2.13 bits per heavy atom. The number of nitrogens with zero attached hydrogens (tertiary/aromatic N) is 1. The van der Waals surface area contributed by atoms with Crippen molar-refractivity contribution in [2.45, 2.75) is 6.54 Å². The smallest absolute Gasteiger partial charge is 0.238 e. The summed E-state index contributed by atoms with van der Waals surface area (Å²) >= 11 is 0. The molecule has 6 heteroatoms. The van der Waals surface area contributed by atoms with Crippen LogP contribution in [-0.4, -0.2) is 43.1 Å². The molecule has 1 aliphatic rings. The third-order valence-corrected chi connectivity index (χ3v) is 5.23. The molecule has 1 amide bonds. The van der Waals surface area contributed by atoms with Gasteiger partial charge in [0.2, 0.25) is 5.91 Å². The maximum Gasteiger partial charge on any atom is 0.238 e. The zero-order valence-electron chi connectivity index (χ0n) is 17.3. The molecular formula is C25H22N2O4. The number of methoxy groups -OCH3 is 1. The van der Waals surface area contributed by atoms with Gasteiger partial charge in [-0.25, -0.2) is 0 Å². The van der Waals surface area contributed by atoms with Crippen LogP contribution < -0.4 is 10.1 Å². The van der Waals surface area contributed by atoms with Gasteiger partial charge in [0, 0.05) is 34.5 Å². The summed E-state index contributed by atoms with van der Waals surface area (Å²) in [5.41, 5.74) is 3.03. The van der Waals surface area contributed by atoms with Crippen LogP contribution in [0.15, 0.2) is 66.7 Å². The molecule has 0 spiro atoms. The van der Waals surface area contributed by atoms with Gasteiger partial charge in [-0.15, -0.1) is 0 Å². The van der Waals surface area contributed by atoms with Crippen LogP contribution in [0.2, 0.25) is 0 Å². The van der Waals surface area contributed by atoms with E-state index in [2.05, 4.69) is 5.32 Å². The first-order chi connectivity index (χ1) is 15.0. The largest absolute Gasteiger partial charge is 0.497 e. The Morgan fingerprint density at radius 2 is 1.48 bits per heavy atom. The summed E-state index contributed by atoms with van der Waals surface area (Å²) in [5.74, 6) is 0.193. The molecule has 0 atom stereocenters. The van der Waals surface area contributed by atoms with Gasteiger partial charge in [-0.1, -0.05) is 36.4 Å². The number of carbonyl (C=O) groups is 3. The average Bonchev–Trinajstić information content (AvgIpc) is 2.77. The van der Waals surface area contributed by atoms with E-state index in [1.54, 1.807) is 49.6 Å². The first-order valence-corrected chi connectivity index (χ1v) is 9.90. The summed E-state index contributed by atoms with van der Waals surface area (Å²) in [6.07, 6.45) is 0. The molecule has 0 bridgehead atoms. The predicted molar refractivity (Wildman–Crippen MR) is 118 cm³/mol. The number of carbonyl (C=O) groups excluding carboxylic acids is 3. The molecule has 1 N–H and O–H groups in total. The molecule has 31 heavy (non-hydrogen) atoms. The van der Waals surface area contributed by atoms with Gasteiger partial charge in [-0.2, -0.15) is 0 Å². The second-order valence-corrected chi connectivity index (χ2v) is 7.53. The Kier molecular flexibility index (Phi) is 5.64. The molecule has 156 valence electrons. The molecule has 0 aromatic heterocycles. The Morgan fingerprint density at radius 1 is 0.871 bits per heavy atom. The van der Waals surface area contributed by atoms with Crippen LogP contribution in [0.3, 0.4) is 0 Å². The van der Waals surface area contributed by atoms with Crippen molar-refractivity contribution in [3.05, 3.63) is 94.5 Å². The highest BCUT2D eigenvalue weighted by Gasteiger charge is 2.29. The molecule has 0 unspecified atom stereocenters. The van der Waals surface area contributed by atoms with E-state index in [1.807, 2.05) is 36.2 Å². The van der Waals surface area contributed by atoms with Crippen LogP contribution in [0.1, 0.15) is 37.4 Å². The second-order valence-electron chi connectivity index (χ2n) is 7.53. The van der Waals surface area contributed by atoms with E-state index in [4.69, 9.17) is 4.74 Å². The van der Waals surface area contributed by atoms with Crippen LogP contribution in [0, 0.1) is 0 Å². The van der Waals surface area contributed by atoms with E-state index in [0.29, 0.717) is 34.5 Å². The van der Waals surface area contributed by atoms with Crippen molar-refractivity contribution in [3.63, 3.8) is 0 Å². The molecule has 3 aromatic rings. The first kappa shape index (κ1) is 20.5. The maximum absolute atomic E-state index is 12.8. The summed E-state index contributed by atoms with van der Waals surface area (Å²) in [6, 6.07) is 19.3. The molecular weight excluding hydrogens is 392 g/mol. The molecule has 4 rings (SSSR count). The third kappa shape index (κ3) is 4.25. The molecule has 0 fully saturated rings. The van der Waals surface area contributed by atoms with Crippen molar-refractivity contribution in [2.75, 3.05) is 26.0 Å². The van der Waals surface area contributed by atoms with Crippen LogP contribution in [0.25, 0.3) is 0 Å². The highest BCUT2D eigenvalue weighted by atomic mass is 16.5. The van der Waals surface area contributed by atoms with Gasteiger partial charge in [0.15, 0.2) is 11.6 Å². The number of fused-ring (bicyclic) bond motifs is 2. The summed E-state index contributed by atoms with van der Waals surface area (Å²) in [6.45, 7) is 0.782. The number of ether oxygens (including phenoxy) is 1. The third-order valence-electron chi connectivity index (χ3n) is 5.23. The molecule has 0 saturated carbocycles. The second kappa shape index (κ2) is 8.53. The molecule has 3 aromatic carbocycles. The van der Waals surface area contributed by atoms with E-state index in [0.717, 1.165) is 11.3 Å². The lowest BCUT2D eigenvalue weighted by Gasteiger charge is -2.19. The predicted octanol–water partition coefficient (Wildman–Crippen LogP) is 3.54. The highest BCUT2D eigenvalue weighted by Crippen LogP contribution is 2.29. The normalized spacial score (nSPS) is 12.4. The molecule has 0 heterocycles. The standard InChI is InChI=1S/C25H22N2O4/c1-27(14-16-7-10-18(31-2)11-8-16)15-23(28)26-17-9-12-21-22(13-17)25(30)20-6-4-3-5-19(20)24(21)29/h3-13H,14-15H2,1-2H3,(H,26,28). The number of hydrogen-bond donors (Lipinski definition) is 1. The quantitative estimate of drug-likeness (QED) is 0.522. The number of likely N-dealkylation sites (N-methyl/N-ethyl adjacent to an activating group) is 1. The van der Waals surface area contributed by atoms with Gasteiger partial charge in [-0.05, 0) is 42.9 Å². The summed E-state index contributed by atoms with van der Waals surface area (Å²) in [4.78, 5) is 39.9. The van der Waals surface area contributed by atoms with Crippen molar-refractivity contribution in [1.29, 1.82) is 0 Å². The van der Waals surface area contributed by atoms with Crippen LogP contribution >= 0.6 is 0 Å². The Bertz CT molecular complexity index is 1170. The lowest BCUT2D eigenvalue weighted by Crippen LogP contribution is -2.30. The lowest BCUT2D eigenvalue weighted by molar-refractivity contribution is -0.117. The number of rotatable bonds is 6. The summed E-state index contributed by atoms with van der Waals surface area (Å²) in [5, 5.41) is 2.82. The number of anilines is 1. The van der Waals surface area contributed by atoms with Crippen LogP contribution in [-0.2, 0) is 11.3 Å². The molecule has 0 aliphatic heterocycles. The van der Waals surface area contributed by atoms with Crippen molar-refractivity contribution in [2.24, 2.45) is 0 Å². The fraction of sp³-hybridized carbons (Fsp3) is 0.160. The maximum atomic E-state index is 12.8. The van der Waals surface area contributed by atoms with Gasteiger partial charge < -0.3 is 10.1 Å². The number of nitrogens with one attached hydrogen (secondary N) is 1. The first-order valence-electron chi connectivity index (χ1n) is 9.90. The van der Waals surface area contributed by atoms with Gasteiger partial charge in [-0.3, -0.25) is 19.3 Å². The zero-order chi connectivity index (χ0) is 22.0. The molecule has 0 radical (unpaired) electrons. The molecule has 1 aliphatic carbocycles. The van der Waals surface area contributed by atoms with E-state index in [-0.39, 0.29) is 24.0 Å². The van der Waals surface area contributed by atoms with Crippen molar-refractivity contribution in [3.8, 4) is 5.75 Å². The number of amides is 1. The van der Waals surface area contributed by atoms with Gasteiger partial charge in [0.05, 0.1) is 13.7 Å². The summed E-state index contributed by atoms with van der Waals surface area (Å²) in [7, 11) is 3.48. The van der Waals surface area contributed by atoms with Crippen molar-refractivity contribution < 1.29 is 19.1 Å². The van der Waals surface area contributed by atoms with Gasteiger partial charge >= 0.3 is 0 Å². The zero-order valence-corrected chi connectivity index (χ0v) is 17.3. The molecule has 6 nitrogen and oxygen atoms in total. The van der Waals surface area contributed by atoms with Crippen LogP contribution in [0.4, 0.5) is 5.69 Å². The topological polar surface area (TPSA) is 75.7 Å². The van der Waals surface area contributed by atoms with E-state index >= 15 is 0 Å². The highest BCUT2D eigenvalue weighted by molar-refractivity contribution is 6.28. The summed E-state index contributed by atoms with van der Waals surface area (Å²) < 4.78 is 5.16. The SMILES string of the molecule is COc1ccc(CN(C)CC(=O)Nc2ccc3c(c2)C(=O)c2ccccc2C3=O)cc1. The minimum absolute atomic E-state index is 0.178. The van der Waals surface area contributed by atoms with Crippen LogP contribution in [0.5, 0.6) is 5.75 Å². The van der Waals surface area contributed by atoms with Gasteiger partial charge in [0.1, 0.15) is 5.75 Å².